The highest BCUT2D eigenvalue weighted by atomic mass is 32.2. The second-order valence-corrected chi connectivity index (χ2v) is 4.49. The molecule has 90 valence electrons. The van der Waals surface area contributed by atoms with E-state index in [2.05, 4.69) is 4.74 Å². The Balaban J connectivity index is 4.57. The molecule has 15 heavy (non-hydrogen) atoms. The normalized spacial score (nSPS) is 12.3. The smallest absolute Gasteiger partial charge is 0.421 e. The third-order valence-electron chi connectivity index (χ3n) is 1.48. The van der Waals surface area contributed by atoms with Crippen LogP contribution in [0.2, 0.25) is 0 Å². The second kappa shape index (κ2) is 5.26. The van der Waals surface area contributed by atoms with Gasteiger partial charge in [-0.1, -0.05) is 0 Å². The summed E-state index contributed by atoms with van der Waals surface area (Å²) in [5.41, 5.74) is -1.44. The lowest BCUT2D eigenvalue weighted by Crippen LogP contribution is -2.55. The van der Waals surface area contributed by atoms with Crippen LogP contribution in [0.3, 0.4) is 0 Å². The summed E-state index contributed by atoms with van der Waals surface area (Å²) in [7, 11) is -3.17. The number of ether oxygens (including phenoxy) is 1. The number of aliphatic hydroxyl groups is 2. The standard InChI is InChI=1S/C6H14N2O6S/c1-6(3-9,4-10)8-15(12,13)7-5(11)14-2/h8-10H,3-4H2,1-2H3,(H,7,11). The van der Waals surface area contributed by atoms with E-state index in [0.717, 1.165) is 7.11 Å². The number of nitrogens with one attached hydrogen (secondary N) is 2. The van der Waals surface area contributed by atoms with Crippen molar-refractivity contribution < 1.29 is 28.2 Å². The average Bonchev–Trinajstić information content (AvgIpc) is 2.16. The summed E-state index contributed by atoms with van der Waals surface area (Å²) in [5.74, 6) is 0. The van der Waals surface area contributed by atoms with Crippen LogP contribution in [0.25, 0.3) is 0 Å². The van der Waals surface area contributed by atoms with Gasteiger partial charge in [0.25, 0.3) is 0 Å². The highest BCUT2D eigenvalue weighted by Gasteiger charge is 2.29. The van der Waals surface area contributed by atoms with Gasteiger partial charge in [-0.3, -0.25) is 0 Å². The third kappa shape index (κ3) is 4.93. The van der Waals surface area contributed by atoms with E-state index in [1.165, 1.54) is 11.6 Å². The quantitative estimate of drug-likeness (QED) is 0.438. The molecule has 0 aliphatic carbocycles. The zero-order valence-electron chi connectivity index (χ0n) is 8.35. The van der Waals surface area contributed by atoms with Crippen molar-refractivity contribution in [1.82, 2.24) is 9.44 Å². The number of carbonyl (C=O) groups is 1. The fourth-order valence-electron chi connectivity index (χ4n) is 0.616. The van der Waals surface area contributed by atoms with Crippen LogP contribution in [0.5, 0.6) is 0 Å². The number of rotatable bonds is 5. The molecule has 0 bridgehead atoms. The summed E-state index contributed by atoms with van der Waals surface area (Å²) in [5, 5.41) is 17.6. The van der Waals surface area contributed by atoms with Gasteiger partial charge in [0.1, 0.15) is 0 Å². The fourth-order valence-corrected chi connectivity index (χ4v) is 1.75. The second-order valence-electron chi connectivity index (χ2n) is 3.08. The Morgan fingerprint density at radius 1 is 1.40 bits per heavy atom. The molecular weight excluding hydrogens is 228 g/mol. The summed E-state index contributed by atoms with van der Waals surface area (Å²) in [6, 6.07) is 0. The van der Waals surface area contributed by atoms with Crippen molar-refractivity contribution in [3.8, 4) is 0 Å². The first kappa shape index (κ1) is 14.1. The molecule has 0 aromatic heterocycles. The first-order valence-corrected chi connectivity index (χ1v) is 5.38. The SMILES string of the molecule is COC(=O)NS(=O)(=O)NC(C)(CO)CO. The van der Waals surface area contributed by atoms with Gasteiger partial charge >= 0.3 is 16.3 Å². The molecule has 4 N–H and O–H groups in total. The number of hydrogen-bond acceptors (Lipinski definition) is 6. The van der Waals surface area contributed by atoms with E-state index >= 15 is 0 Å². The molecule has 0 fully saturated rings. The van der Waals surface area contributed by atoms with Crippen LogP contribution < -0.4 is 9.44 Å². The van der Waals surface area contributed by atoms with Crippen molar-refractivity contribution in [1.29, 1.82) is 0 Å². The monoisotopic (exact) mass is 242 g/mol. The van der Waals surface area contributed by atoms with Crippen LogP contribution in [0.1, 0.15) is 6.92 Å². The van der Waals surface area contributed by atoms with E-state index in [0.29, 0.717) is 0 Å². The maximum atomic E-state index is 11.2. The lowest BCUT2D eigenvalue weighted by molar-refractivity contribution is 0.121. The predicted molar refractivity (Wildman–Crippen MR) is 50.2 cm³/mol. The molecule has 0 radical (unpaired) electrons. The zero-order chi connectivity index (χ0) is 12.1. The molecule has 1 amide bonds. The van der Waals surface area contributed by atoms with Gasteiger partial charge < -0.3 is 14.9 Å². The van der Waals surface area contributed by atoms with E-state index in [1.54, 1.807) is 0 Å². The van der Waals surface area contributed by atoms with E-state index in [4.69, 9.17) is 10.2 Å². The summed E-state index contributed by atoms with van der Waals surface area (Å²) < 4.78 is 29.9. The first-order chi connectivity index (χ1) is 6.78. The van der Waals surface area contributed by atoms with Gasteiger partial charge in [0.2, 0.25) is 0 Å². The largest absolute Gasteiger partial charge is 0.452 e. The third-order valence-corrected chi connectivity index (χ3v) is 2.68. The summed E-state index contributed by atoms with van der Waals surface area (Å²) in [4.78, 5) is 10.6. The molecule has 0 heterocycles. The topological polar surface area (TPSA) is 125 Å². The minimum Gasteiger partial charge on any atom is -0.452 e. The van der Waals surface area contributed by atoms with Crippen molar-refractivity contribution in [3.63, 3.8) is 0 Å². The van der Waals surface area contributed by atoms with Gasteiger partial charge in [-0.2, -0.15) is 13.1 Å². The fraction of sp³-hybridized carbons (Fsp3) is 0.833. The summed E-state index contributed by atoms with van der Waals surface area (Å²) in [6.07, 6.45) is -1.17. The predicted octanol–water partition coefficient (Wildman–Crippen LogP) is -2.08. The van der Waals surface area contributed by atoms with E-state index < -0.39 is 35.1 Å². The van der Waals surface area contributed by atoms with E-state index in [1.807, 2.05) is 4.72 Å². The maximum absolute atomic E-state index is 11.2. The number of carbonyl (C=O) groups excluding carboxylic acids is 1. The highest BCUT2D eigenvalue weighted by molar-refractivity contribution is 7.88. The van der Waals surface area contributed by atoms with Crippen LogP contribution in [-0.4, -0.2) is 50.6 Å². The van der Waals surface area contributed by atoms with Crippen LogP contribution in [0.4, 0.5) is 4.79 Å². The molecule has 0 aliphatic rings. The molecule has 9 heteroatoms. The van der Waals surface area contributed by atoms with Crippen LogP contribution in [-0.2, 0) is 14.9 Å². The van der Waals surface area contributed by atoms with Crippen LogP contribution in [0.15, 0.2) is 0 Å². The number of aliphatic hydroxyl groups excluding tert-OH is 2. The van der Waals surface area contributed by atoms with E-state index in [9.17, 15) is 13.2 Å². The number of hydrogen-bond donors (Lipinski definition) is 4. The molecule has 0 aromatic carbocycles. The van der Waals surface area contributed by atoms with Gasteiger partial charge in [-0.15, -0.1) is 0 Å². The zero-order valence-corrected chi connectivity index (χ0v) is 9.17. The summed E-state index contributed by atoms with van der Waals surface area (Å²) >= 11 is 0. The Labute approximate surface area is 87.4 Å². The molecule has 0 aliphatic heterocycles. The lowest BCUT2D eigenvalue weighted by atomic mass is 10.1. The van der Waals surface area contributed by atoms with Crippen molar-refractivity contribution in [2.75, 3.05) is 20.3 Å². The maximum Gasteiger partial charge on any atom is 0.421 e. The molecule has 0 aromatic rings. The molecule has 0 spiro atoms. The minimum atomic E-state index is -4.17. The Hall–Kier alpha value is -0.900. The van der Waals surface area contributed by atoms with Gasteiger partial charge in [-0.05, 0) is 6.92 Å². The highest BCUT2D eigenvalue weighted by Crippen LogP contribution is 2.02. The minimum absolute atomic E-state index is 0.619. The summed E-state index contributed by atoms with van der Waals surface area (Å²) in [6.45, 7) is 0.0284. The lowest BCUT2D eigenvalue weighted by Gasteiger charge is -2.25. The Morgan fingerprint density at radius 2 is 1.87 bits per heavy atom. The van der Waals surface area contributed by atoms with Gasteiger partial charge in [0.15, 0.2) is 0 Å². The Bertz CT molecular complexity index is 310. The molecule has 0 atom stereocenters. The molecular formula is C6H14N2O6S. The van der Waals surface area contributed by atoms with E-state index in [-0.39, 0.29) is 0 Å². The molecule has 0 saturated heterocycles. The van der Waals surface area contributed by atoms with Crippen LogP contribution >= 0.6 is 0 Å². The van der Waals surface area contributed by atoms with Gasteiger partial charge in [0, 0.05) is 0 Å². The number of methoxy groups -OCH3 is 1. The Morgan fingerprint density at radius 3 is 2.20 bits per heavy atom. The Kier molecular flexibility index (Phi) is 4.94. The number of amides is 1. The molecule has 0 saturated carbocycles. The van der Waals surface area contributed by atoms with Crippen molar-refractivity contribution in [2.45, 2.75) is 12.5 Å². The van der Waals surface area contributed by atoms with Crippen molar-refractivity contribution in [2.24, 2.45) is 0 Å². The average molecular weight is 242 g/mol. The first-order valence-electron chi connectivity index (χ1n) is 3.90. The molecule has 8 nitrogen and oxygen atoms in total. The van der Waals surface area contributed by atoms with Crippen molar-refractivity contribution in [3.05, 3.63) is 0 Å². The van der Waals surface area contributed by atoms with Gasteiger partial charge in [0.05, 0.1) is 25.9 Å². The van der Waals surface area contributed by atoms with Crippen LogP contribution in [0, 0.1) is 0 Å². The van der Waals surface area contributed by atoms with Gasteiger partial charge in [-0.25, -0.2) is 9.52 Å². The molecule has 0 unspecified atom stereocenters. The van der Waals surface area contributed by atoms with Crippen molar-refractivity contribution >= 4 is 16.3 Å². The molecule has 0 rings (SSSR count).